The maximum atomic E-state index is 2.39. The molecule has 0 spiro atoms. The Morgan fingerprint density at radius 1 is 0.375 bits per heavy atom. The largest absolute Gasteiger partial charge is 0.0713 e. The first-order chi connectivity index (χ1) is 11.8. The summed E-state index contributed by atoms with van der Waals surface area (Å²) in [4.78, 5) is 0. The molecule has 0 bridgehead atoms. The summed E-state index contributed by atoms with van der Waals surface area (Å²) in [7, 11) is 0. The summed E-state index contributed by atoms with van der Waals surface area (Å²) in [6.07, 6.45) is 25.3. The van der Waals surface area contributed by atoms with Crippen LogP contribution in [0.15, 0.2) is 11.1 Å². The van der Waals surface area contributed by atoms with E-state index in [0.717, 1.165) is 0 Å². The van der Waals surface area contributed by atoms with Gasteiger partial charge in [-0.1, -0.05) is 109 Å². The highest BCUT2D eigenvalue weighted by Crippen LogP contribution is 2.26. The predicted molar refractivity (Wildman–Crippen MR) is 113 cm³/mol. The van der Waals surface area contributed by atoms with E-state index in [-0.39, 0.29) is 0 Å². The van der Waals surface area contributed by atoms with Crippen molar-refractivity contribution in [2.75, 3.05) is 0 Å². The van der Waals surface area contributed by atoms with Crippen molar-refractivity contribution in [3.63, 3.8) is 0 Å². The molecule has 0 nitrogen and oxygen atoms in total. The zero-order chi connectivity index (χ0) is 17.9. The quantitative estimate of drug-likeness (QED) is 0.173. The molecule has 0 saturated heterocycles. The second-order valence-electron chi connectivity index (χ2n) is 7.70. The molecule has 0 aliphatic rings. The van der Waals surface area contributed by atoms with Crippen LogP contribution in [0.4, 0.5) is 0 Å². The molecule has 0 radical (unpaired) electrons. The van der Waals surface area contributed by atoms with Gasteiger partial charge in [-0.15, -0.1) is 0 Å². The Labute approximate surface area is 154 Å². The van der Waals surface area contributed by atoms with Crippen molar-refractivity contribution in [3.05, 3.63) is 11.1 Å². The van der Waals surface area contributed by atoms with Gasteiger partial charge in [0, 0.05) is 0 Å². The Morgan fingerprint density at radius 2 is 0.750 bits per heavy atom. The van der Waals surface area contributed by atoms with Gasteiger partial charge in [0.1, 0.15) is 0 Å². The number of rotatable bonds is 18. The van der Waals surface area contributed by atoms with Gasteiger partial charge >= 0.3 is 0 Å². The number of hydrogen-bond acceptors (Lipinski definition) is 0. The molecular weight excluding hydrogens is 288 g/mol. The molecule has 0 N–H and O–H groups in total. The van der Waals surface area contributed by atoms with Crippen LogP contribution in [0.5, 0.6) is 0 Å². The van der Waals surface area contributed by atoms with Gasteiger partial charge in [-0.05, 0) is 44.9 Å². The van der Waals surface area contributed by atoms with Gasteiger partial charge in [0.25, 0.3) is 0 Å². The van der Waals surface area contributed by atoms with E-state index in [2.05, 4.69) is 27.7 Å². The number of allylic oxidation sites excluding steroid dienone is 2. The van der Waals surface area contributed by atoms with Crippen LogP contribution < -0.4 is 0 Å². The maximum Gasteiger partial charge on any atom is -0.0318 e. The van der Waals surface area contributed by atoms with Crippen LogP contribution in [-0.4, -0.2) is 0 Å². The highest BCUT2D eigenvalue weighted by atomic mass is 14.1. The summed E-state index contributed by atoms with van der Waals surface area (Å²) >= 11 is 0. The van der Waals surface area contributed by atoms with E-state index < -0.39 is 0 Å². The van der Waals surface area contributed by atoms with Gasteiger partial charge in [0.15, 0.2) is 0 Å². The van der Waals surface area contributed by atoms with E-state index in [1.165, 1.54) is 116 Å². The van der Waals surface area contributed by atoms with E-state index in [9.17, 15) is 0 Å². The van der Waals surface area contributed by atoms with Crippen LogP contribution in [0.25, 0.3) is 0 Å². The van der Waals surface area contributed by atoms with E-state index in [1.807, 2.05) is 11.1 Å². The van der Waals surface area contributed by atoms with Crippen LogP contribution in [0.1, 0.15) is 143 Å². The van der Waals surface area contributed by atoms with Crippen molar-refractivity contribution < 1.29 is 0 Å². The molecule has 0 amide bonds. The Balaban J connectivity index is 4.18. The van der Waals surface area contributed by atoms with Crippen LogP contribution in [0, 0.1) is 0 Å². The summed E-state index contributed by atoms with van der Waals surface area (Å²) in [5.41, 5.74) is 3.68. The summed E-state index contributed by atoms with van der Waals surface area (Å²) in [5.74, 6) is 0. The maximum absolute atomic E-state index is 2.39. The topological polar surface area (TPSA) is 0 Å². The van der Waals surface area contributed by atoms with E-state index in [4.69, 9.17) is 0 Å². The third-order valence-electron chi connectivity index (χ3n) is 5.42. The molecule has 0 aromatic heterocycles. The fourth-order valence-electron chi connectivity index (χ4n) is 3.71. The third-order valence-corrected chi connectivity index (χ3v) is 5.42. The summed E-state index contributed by atoms with van der Waals surface area (Å²) in [5, 5.41) is 0. The fourth-order valence-corrected chi connectivity index (χ4v) is 3.71. The SMILES string of the molecule is CCCCCCCCCC(CC)=C(CCCC)CCCCCCC. The van der Waals surface area contributed by atoms with Crippen molar-refractivity contribution in [2.45, 2.75) is 143 Å². The molecule has 24 heavy (non-hydrogen) atoms. The lowest BCUT2D eigenvalue weighted by atomic mass is 9.91. The highest BCUT2D eigenvalue weighted by Gasteiger charge is 2.06. The van der Waals surface area contributed by atoms with Crippen molar-refractivity contribution in [2.24, 2.45) is 0 Å². The molecule has 0 aliphatic heterocycles. The standard InChI is InChI=1S/C24H48/c1-5-9-12-14-15-17-18-21-23(8-4)24(20-11-7-3)22-19-16-13-10-6-2/h5-22H2,1-4H3. The molecule has 144 valence electrons. The zero-order valence-corrected chi connectivity index (χ0v) is 17.7. The number of unbranched alkanes of at least 4 members (excludes halogenated alkanes) is 11. The molecule has 0 aromatic rings. The van der Waals surface area contributed by atoms with Crippen molar-refractivity contribution >= 4 is 0 Å². The molecule has 0 heteroatoms. The molecule has 0 rings (SSSR count). The fraction of sp³-hybridized carbons (Fsp3) is 0.917. The molecule has 0 unspecified atom stereocenters. The zero-order valence-electron chi connectivity index (χ0n) is 17.7. The summed E-state index contributed by atoms with van der Waals surface area (Å²) < 4.78 is 0. The Morgan fingerprint density at radius 3 is 1.21 bits per heavy atom. The van der Waals surface area contributed by atoms with Crippen LogP contribution in [0.3, 0.4) is 0 Å². The second-order valence-corrected chi connectivity index (χ2v) is 7.70. The van der Waals surface area contributed by atoms with Crippen LogP contribution in [-0.2, 0) is 0 Å². The Hall–Kier alpha value is -0.260. The first-order valence-electron chi connectivity index (χ1n) is 11.5. The molecule has 0 saturated carbocycles. The third kappa shape index (κ3) is 14.1. The normalized spacial score (nSPS) is 12.5. The van der Waals surface area contributed by atoms with Gasteiger partial charge in [0.05, 0.1) is 0 Å². The van der Waals surface area contributed by atoms with Crippen molar-refractivity contribution in [1.82, 2.24) is 0 Å². The average Bonchev–Trinajstić information content (AvgIpc) is 2.60. The lowest BCUT2D eigenvalue weighted by Gasteiger charge is -2.15. The molecule has 0 fully saturated rings. The molecule has 0 heterocycles. The minimum Gasteiger partial charge on any atom is -0.0713 e. The van der Waals surface area contributed by atoms with E-state index >= 15 is 0 Å². The van der Waals surface area contributed by atoms with Crippen LogP contribution >= 0.6 is 0 Å². The molecular formula is C24H48. The van der Waals surface area contributed by atoms with Crippen molar-refractivity contribution in [1.29, 1.82) is 0 Å². The highest BCUT2D eigenvalue weighted by molar-refractivity contribution is 5.14. The van der Waals surface area contributed by atoms with Gasteiger partial charge in [-0.2, -0.15) is 0 Å². The Kier molecular flexibility index (Phi) is 18.9. The van der Waals surface area contributed by atoms with E-state index in [0.29, 0.717) is 0 Å². The van der Waals surface area contributed by atoms with Crippen LogP contribution in [0.2, 0.25) is 0 Å². The average molecular weight is 337 g/mol. The predicted octanol–water partition coefficient (Wildman–Crippen LogP) is 9.38. The lowest BCUT2D eigenvalue weighted by Crippen LogP contribution is -1.95. The first kappa shape index (κ1) is 23.7. The smallest absolute Gasteiger partial charge is 0.0318 e. The lowest BCUT2D eigenvalue weighted by molar-refractivity contribution is 0.580. The monoisotopic (exact) mass is 336 g/mol. The van der Waals surface area contributed by atoms with Gasteiger partial charge in [-0.3, -0.25) is 0 Å². The minimum absolute atomic E-state index is 1.30. The van der Waals surface area contributed by atoms with Gasteiger partial charge in [-0.25, -0.2) is 0 Å². The number of hydrogen-bond donors (Lipinski definition) is 0. The molecule has 0 aromatic carbocycles. The second kappa shape index (κ2) is 19.1. The van der Waals surface area contributed by atoms with Gasteiger partial charge in [0.2, 0.25) is 0 Å². The van der Waals surface area contributed by atoms with Crippen molar-refractivity contribution in [3.8, 4) is 0 Å². The van der Waals surface area contributed by atoms with E-state index in [1.54, 1.807) is 0 Å². The first-order valence-corrected chi connectivity index (χ1v) is 11.5. The minimum atomic E-state index is 1.30. The molecule has 0 atom stereocenters. The Bertz CT molecular complexity index is 274. The summed E-state index contributed by atoms with van der Waals surface area (Å²) in [6, 6.07) is 0. The summed E-state index contributed by atoms with van der Waals surface area (Å²) in [6.45, 7) is 9.34. The van der Waals surface area contributed by atoms with Gasteiger partial charge < -0.3 is 0 Å². The molecule has 0 aliphatic carbocycles.